The number of pyridine rings is 1. The van der Waals surface area contributed by atoms with E-state index in [4.69, 9.17) is 16.5 Å². The molecule has 1 fully saturated rings. The number of aromatic nitrogens is 5. The third-order valence-electron chi connectivity index (χ3n) is 4.56. The molecule has 4 aromatic rings. The van der Waals surface area contributed by atoms with Crippen molar-refractivity contribution in [3.8, 4) is 22.6 Å². The summed E-state index contributed by atoms with van der Waals surface area (Å²) in [7, 11) is 0. The molecule has 1 saturated carbocycles. The van der Waals surface area contributed by atoms with Crippen LogP contribution in [0, 0.1) is 0 Å². The SMILES string of the molecule is Nc1cc(-c2nc3c(-c4ccccc4)nc(N)nc3n2C2CC2)ccn1. The number of hydrogen-bond acceptors (Lipinski definition) is 6. The van der Waals surface area contributed by atoms with Gasteiger partial charge in [0.25, 0.3) is 0 Å². The first-order valence-corrected chi connectivity index (χ1v) is 8.53. The molecule has 7 heteroatoms. The molecular formula is C19H17N7. The number of nitrogen functional groups attached to an aromatic ring is 2. The van der Waals surface area contributed by atoms with Gasteiger partial charge in [-0.2, -0.15) is 4.98 Å². The average molecular weight is 343 g/mol. The van der Waals surface area contributed by atoms with E-state index < -0.39 is 0 Å². The largest absolute Gasteiger partial charge is 0.384 e. The first kappa shape index (κ1) is 14.8. The summed E-state index contributed by atoms with van der Waals surface area (Å²) in [5.41, 5.74) is 16.1. The highest BCUT2D eigenvalue weighted by atomic mass is 15.2. The third kappa shape index (κ3) is 2.36. The van der Waals surface area contributed by atoms with E-state index in [1.54, 1.807) is 6.20 Å². The lowest BCUT2D eigenvalue weighted by Gasteiger charge is -2.08. The quantitative estimate of drug-likeness (QED) is 0.592. The molecule has 1 aliphatic carbocycles. The molecule has 5 rings (SSSR count). The Morgan fingerprint density at radius 2 is 1.73 bits per heavy atom. The molecule has 0 unspecified atom stereocenters. The smallest absolute Gasteiger partial charge is 0.222 e. The summed E-state index contributed by atoms with van der Waals surface area (Å²) in [4.78, 5) is 18.0. The van der Waals surface area contributed by atoms with Crippen LogP contribution in [0.15, 0.2) is 48.7 Å². The Kier molecular flexibility index (Phi) is 3.15. The number of nitrogens with two attached hydrogens (primary N) is 2. The van der Waals surface area contributed by atoms with Gasteiger partial charge in [0.1, 0.15) is 22.9 Å². The number of anilines is 2. The van der Waals surface area contributed by atoms with Crippen molar-refractivity contribution in [3.05, 3.63) is 48.7 Å². The molecule has 7 nitrogen and oxygen atoms in total. The third-order valence-corrected chi connectivity index (χ3v) is 4.56. The number of rotatable bonds is 3. The van der Waals surface area contributed by atoms with E-state index in [0.29, 0.717) is 11.9 Å². The highest BCUT2D eigenvalue weighted by Gasteiger charge is 2.31. The Bertz CT molecular complexity index is 1110. The maximum absolute atomic E-state index is 6.03. The molecule has 0 atom stereocenters. The molecule has 0 amide bonds. The van der Waals surface area contributed by atoms with Crippen molar-refractivity contribution >= 4 is 22.9 Å². The van der Waals surface area contributed by atoms with Crippen LogP contribution in [0.2, 0.25) is 0 Å². The fraction of sp³-hybridized carbons (Fsp3) is 0.158. The lowest BCUT2D eigenvalue weighted by atomic mass is 10.1. The zero-order valence-corrected chi connectivity index (χ0v) is 14.0. The maximum atomic E-state index is 6.03. The molecule has 26 heavy (non-hydrogen) atoms. The van der Waals surface area contributed by atoms with E-state index in [0.717, 1.165) is 46.7 Å². The second-order valence-corrected chi connectivity index (χ2v) is 6.47. The van der Waals surface area contributed by atoms with Gasteiger partial charge in [0.15, 0.2) is 5.65 Å². The second kappa shape index (κ2) is 5.52. The van der Waals surface area contributed by atoms with Crippen LogP contribution in [-0.2, 0) is 0 Å². The summed E-state index contributed by atoms with van der Waals surface area (Å²) in [5.74, 6) is 1.54. The van der Waals surface area contributed by atoms with Gasteiger partial charge in [-0.1, -0.05) is 30.3 Å². The first-order chi connectivity index (χ1) is 12.7. The zero-order chi connectivity index (χ0) is 17.7. The van der Waals surface area contributed by atoms with E-state index in [-0.39, 0.29) is 5.95 Å². The Hall–Kier alpha value is -3.48. The molecule has 0 radical (unpaired) electrons. The van der Waals surface area contributed by atoms with Crippen LogP contribution in [0.25, 0.3) is 33.8 Å². The van der Waals surface area contributed by atoms with Gasteiger partial charge in [-0.25, -0.2) is 15.0 Å². The predicted octanol–water partition coefficient (Wildman–Crippen LogP) is 3.05. The first-order valence-electron chi connectivity index (χ1n) is 8.53. The van der Waals surface area contributed by atoms with Gasteiger partial charge in [0, 0.05) is 23.4 Å². The van der Waals surface area contributed by atoms with Crippen LogP contribution < -0.4 is 11.5 Å². The van der Waals surface area contributed by atoms with Gasteiger partial charge in [0.2, 0.25) is 5.95 Å². The van der Waals surface area contributed by atoms with Gasteiger partial charge >= 0.3 is 0 Å². The van der Waals surface area contributed by atoms with Gasteiger partial charge in [-0.15, -0.1) is 0 Å². The molecule has 0 spiro atoms. The van der Waals surface area contributed by atoms with Gasteiger partial charge in [-0.05, 0) is 25.0 Å². The number of imidazole rings is 1. The predicted molar refractivity (Wildman–Crippen MR) is 101 cm³/mol. The molecule has 1 aliphatic rings. The Morgan fingerprint density at radius 3 is 2.46 bits per heavy atom. The summed E-state index contributed by atoms with van der Waals surface area (Å²) in [6.07, 6.45) is 3.90. The molecule has 0 saturated heterocycles. The average Bonchev–Trinajstić information content (AvgIpc) is 3.42. The Balaban J connectivity index is 1.83. The van der Waals surface area contributed by atoms with Crippen LogP contribution in [0.4, 0.5) is 11.8 Å². The number of benzene rings is 1. The monoisotopic (exact) mass is 343 g/mol. The van der Waals surface area contributed by atoms with E-state index in [9.17, 15) is 0 Å². The lowest BCUT2D eigenvalue weighted by Crippen LogP contribution is -2.02. The van der Waals surface area contributed by atoms with Crippen molar-refractivity contribution in [2.75, 3.05) is 11.5 Å². The number of fused-ring (bicyclic) bond motifs is 1. The summed E-state index contributed by atoms with van der Waals surface area (Å²) in [6.45, 7) is 0. The van der Waals surface area contributed by atoms with Crippen molar-refractivity contribution in [1.29, 1.82) is 0 Å². The van der Waals surface area contributed by atoms with Crippen molar-refractivity contribution in [3.63, 3.8) is 0 Å². The van der Waals surface area contributed by atoms with Gasteiger partial charge in [0.05, 0.1) is 0 Å². The van der Waals surface area contributed by atoms with Crippen molar-refractivity contribution in [2.45, 2.75) is 18.9 Å². The summed E-state index contributed by atoms with van der Waals surface area (Å²) >= 11 is 0. The molecule has 4 N–H and O–H groups in total. The topological polar surface area (TPSA) is 109 Å². The molecule has 3 aromatic heterocycles. The fourth-order valence-electron chi connectivity index (χ4n) is 3.26. The minimum absolute atomic E-state index is 0.249. The molecule has 0 aliphatic heterocycles. The van der Waals surface area contributed by atoms with Crippen LogP contribution in [0.5, 0.6) is 0 Å². The normalized spacial score (nSPS) is 14.0. The van der Waals surface area contributed by atoms with E-state index in [1.165, 1.54) is 0 Å². The highest BCUT2D eigenvalue weighted by molar-refractivity contribution is 5.91. The minimum atomic E-state index is 0.249. The Morgan fingerprint density at radius 1 is 0.923 bits per heavy atom. The van der Waals surface area contributed by atoms with E-state index in [2.05, 4.69) is 19.5 Å². The summed E-state index contributed by atoms with van der Waals surface area (Å²) < 4.78 is 2.16. The van der Waals surface area contributed by atoms with Gasteiger partial charge < -0.3 is 16.0 Å². The van der Waals surface area contributed by atoms with Crippen LogP contribution in [0.1, 0.15) is 18.9 Å². The molecule has 128 valence electrons. The van der Waals surface area contributed by atoms with Gasteiger partial charge in [-0.3, -0.25) is 0 Å². The van der Waals surface area contributed by atoms with E-state index in [1.807, 2.05) is 42.5 Å². The van der Waals surface area contributed by atoms with Crippen molar-refractivity contribution in [1.82, 2.24) is 24.5 Å². The standard InChI is InChI=1S/C19H17N7/c20-14-10-12(8-9-22-14)17-23-16-15(11-4-2-1-3-5-11)24-19(21)25-18(16)26(17)13-6-7-13/h1-5,8-10,13H,6-7H2,(H2,20,22)(H2,21,24,25). The molecule has 0 bridgehead atoms. The fourth-order valence-corrected chi connectivity index (χ4v) is 3.26. The highest BCUT2D eigenvalue weighted by Crippen LogP contribution is 2.42. The maximum Gasteiger partial charge on any atom is 0.222 e. The zero-order valence-electron chi connectivity index (χ0n) is 14.0. The second-order valence-electron chi connectivity index (χ2n) is 6.47. The summed E-state index contributed by atoms with van der Waals surface area (Å²) in [6, 6.07) is 14.0. The van der Waals surface area contributed by atoms with Crippen LogP contribution in [0.3, 0.4) is 0 Å². The number of hydrogen-bond donors (Lipinski definition) is 2. The number of nitrogens with zero attached hydrogens (tertiary/aromatic N) is 5. The minimum Gasteiger partial charge on any atom is -0.384 e. The van der Waals surface area contributed by atoms with Crippen LogP contribution >= 0.6 is 0 Å². The van der Waals surface area contributed by atoms with Crippen molar-refractivity contribution in [2.24, 2.45) is 0 Å². The van der Waals surface area contributed by atoms with Crippen molar-refractivity contribution < 1.29 is 0 Å². The molecule has 1 aromatic carbocycles. The molecular weight excluding hydrogens is 326 g/mol. The molecule has 3 heterocycles. The Labute approximate surface area is 149 Å². The van der Waals surface area contributed by atoms with E-state index >= 15 is 0 Å². The van der Waals surface area contributed by atoms with Crippen LogP contribution in [-0.4, -0.2) is 24.5 Å². The lowest BCUT2D eigenvalue weighted by molar-refractivity contribution is 0.766. The summed E-state index contributed by atoms with van der Waals surface area (Å²) in [5, 5.41) is 0.